The van der Waals surface area contributed by atoms with E-state index in [-0.39, 0.29) is 5.41 Å². The summed E-state index contributed by atoms with van der Waals surface area (Å²) in [5.74, 6) is 0. The molecule has 1 aliphatic heterocycles. The van der Waals surface area contributed by atoms with Crippen LogP contribution in [0.4, 0.5) is 5.69 Å². The molecule has 1 unspecified atom stereocenters. The number of likely N-dealkylation sites (tertiary alicyclic amines) is 1. The molecule has 4 heteroatoms. The van der Waals surface area contributed by atoms with E-state index in [0.717, 1.165) is 49.6 Å². The maximum Gasteiger partial charge on any atom is 0.0410 e. The minimum absolute atomic E-state index is 0.00353. The van der Waals surface area contributed by atoms with Gasteiger partial charge in [0.25, 0.3) is 0 Å². The highest BCUT2D eigenvalue weighted by Crippen LogP contribution is 2.41. The van der Waals surface area contributed by atoms with Crippen molar-refractivity contribution in [3.05, 3.63) is 76.8 Å². The van der Waals surface area contributed by atoms with Crippen molar-refractivity contribution in [2.24, 2.45) is 0 Å². The number of benzene rings is 2. The van der Waals surface area contributed by atoms with Crippen molar-refractivity contribution in [1.29, 1.82) is 0 Å². The Hall–Kier alpha value is -1.42. The molecule has 0 amide bonds. The highest BCUT2D eigenvalue weighted by Gasteiger charge is 2.35. The Morgan fingerprint density at radius 1 is 1.20 bits per heavy atom. The zero-order chi connectivity index (χ0) is 21.6. The van der Waals surface area contributed by atoms with Gasteiger partial charge < -0.3 is 10.2 Å². The molecule has 3 rings (SSSR count). The molecule has 0 aliphatic carbocycles. The molecule has 0 saturated carbocycles. The van der Waals surface area contributed by atoms with Gasteiger partial charge in [-0.25, -0.2) is 0 Å². The van der Waals surface area contributed by atoms with E-state index < -0.39 is 0 Å². The predicted octanol–water partition coefficient (Wildman–Crippen LogP) is 6.96. The maximum atomic E-state index is 6.33. The largest absolute Gasteiger partial charge is 0.388 e. The molecule has 0 spiro atoms. The third-order valence-corrected chi connectivity index (χ3v) is 7.88. The van der Waals surface area contributed by atoms with Crippen LogP contribution in [0.5, 0.6) is 0 Å². The van der Waals surface area contributed by atoms with Gasteiger partial charge in [0, 0.05) is 28.4 Å². The van der Waals surface area contributed by atoms with Crippen LogP contribution in [0, 0.1) is 0 Å². The van der Waals surface area contributed by atoms with E-state index in [0.29, 0.717) is 5.25 Å². The third kappa shape index (κ3) is 5.43. The molecule has 0 bridgehead atoms. The van der Waals surface area contributed by atoms with Gasteiger partial charge in [-0.2, -0.15) is 11.8 Å². The number of aryl methyl sites for hydroxylation is 1. The molecule has 2 aromatic rings. The summed E-state index contributed by atoms with van der Waals surface area (Å²) in [5.41, 5.74) is 5.31. The average molecular weight is 443 g/mol. The summed E-state index contributed by atoms with van der Waals surface area (Å²) in [4.78, 5) is 2.61. The lowest BCUT2D eigenvalue weighted by atomic mass is 9.72. The topological polar surface area (TPSA) is 15.3 Å². The maximum absolute atomic E-state index is 6.33. The fraction of sp³-hybridized carbons (Fsp3) is 0.462. The molecule has 162 valence electrons. The molecular formula is C26H35ClN2S. The lowest BCUT2D eigenvalue weighted by molar-refractivity contribution is 0.182. The number of hydrogen-bond donors (Lipinski definition) is 1. The fourth-order valence-electron chi connectivity index (χ4n) is 4.50. The summed E-state index contributed by atoms with van der Waals surface area (Å²) >= 11 is 8.23. The Morgan fingerprint density at radius 2 is 1.90 bits per heavy atom. The Balaban J connectivity index is 1.54. The molecule has 1 N–H and O–H groups in total. The first-order chi connectivity index (χ1) is 14.5. The van der Waals surface area contributed by atoms with E-state index in [1.54, 1.807) is 0 Å². The molecule has 2 nitrogen and oxygen atoms in total. The van der Waals surface area contributed by atoms with Crippen LogP contribution in [0.3, 0.4) is 0 Å². The third-order valence-electron chi connectivity index (χ3n) is 6.67. The highest BCUT2D eigenvalue weighted by atomic mass is 35.5. The number of hydrogen-bond acceptors (Lipinski definition) is 3. The van der Waals surface area contributed by atoms with Crippen LogP contribution >= 0.6 is 23.4 Å². The van der Waals surface area contributed by atoms with E-state index in [2.05, 4.69) is 72.4 Å². The second kappa shape index (κ2) is 10.7. The van der Waals surface area contributed by atoms with Gasteiger partial charge in [0.1, 0.15) is 0 Å². The fourth-order valence-corrected chi connectivity index (χ4v) is 5.11. The summed E-state index contributed by atoms with van der Waals surface area (Å²) < 4.78 is 0. The van der Waals surface area contributed by atoms with Gasteiger partial charge in [0.15, 0.2) is 0 Å². The molecular weight excluding hydrogens is 408 g/mol. The van der Waals surface area contributed by atoms with Crippen LogP contribution in [-0.2, 0) is 11.8 Å². The summed E-state index contributed by atoms with van der Waals surface area (Å²) in [6.45, 7) is 9.83. The monoisotopic (exact) mass is 442 g/mol. The standard InChI is InChI=1S/C26H35ClN2S/c1-5-26(24-19-23(27)12-13-25(24)28-3)14-17-29(18-15-26)16-6-7-21-8-10-22(11-9-21)20(2)30-4/h5,8-13,19-20,28H,1,6-7,14-18H2,2-4H3. The summed E-state index contributed by atoms with van der Waals surface area (Å²) in [6.07, 6.45) is 8.85. The smallest absolute Gasteiger partial charge is 0.0410 e. The summed E-state index contributed by atoms with van der Waals surface area (Å²) in [7, 11) is 1.98. The average Bonchev–Trinajstić information content (AvgIpc) is 2.79. The normalized spacial score (nSPS) is 17.5. The van der Waals surface area contributed by atoms with Crippen molar-refractivity contribution in [3.8, 4) is 0 Å². The van der Waals surface area contributed by atoms with Crippen molar-refractivity contribution in [3.63, 3.8) is 0 Å². The van der Waals surface area contributed by atoms with Crippen molar-refractivity contribution in [2.75, 3.05) is 38.3 Å². The van der Waals surface area contributed by atoms with Crippen LogP contribution in [0.25, 0.3) is 0 Å². The zero-order valence-electron chi connectivity index (χ0n) is 18.6. The van der Waals surface area contributed by atoms with Gasteiger partial charge in [-0.05, 0) is 93.4 Å². The lowest BCUT2D eigenvalue weighted by Crippen LogP contribution is -2.42. The zero-order valence-corrected chi connectivity index (χ0v) is 20.2. The first-order valence-electron chi connectivity index (χ1n) is 11.0. The molecule has 1 saturated heterocycles. The number of halogens is 1. The van der Waals surface area contributed by atoms with Gasteiger partial charge in [-0.15, -0.1) is 6.58 Å². The van der Waals surface area contributed by atoms with Gasteiger partial charge in [-0.3, -0.25) is 0 Å². The number of allylic oxidation sites excluding steroid dienone is 1. The SMILES string of the molecule is C=CC1(c2cc(Cl)ccc2NC)CCN(CCCc2ccc(C(C)SC)cc2)CC1. The van der Waals surface area contributed by atoms with E-state index in [1.807, 2.05) is 24.9 Å². The Morgan fingerprint density at radius 3 is 2.50 bits per heavy atom. The number of thioether (sulfide) groups is 1. The van der Waals surface area contributed by atoms with Gasteiger partial charge in [0.2, 0.25) is 0 Å². The number of nitrogens with zero attached hydrogens (tertiary/aromatic N) is 1. The molecule has 30 heavy (non-hydrogen) atoms. The molecule has 0 radical (unpaired) electrons. The number of anilines is 1. The van der Waals surface area contributed by atoms with Gasteiger partial charge in [0.05, 0.1) is 0 Å². The van der Waals surface area contributed by atoms with E-state index in [4.69, 9.17) is 11.6 Å². The van der Waals surface area contributed by atoms with Crippen LogP contribution in [0.2, 0.25) is 5.02 Å². The first-order valence-corrected chi connectivity index (χ1v) is 12.6. The first kappa shape index (κ1) is 23.2. The Bertz CT molecular complexity index is 825. The van der Waals surface area contributed by atoms with Crippen molar-refractivity contribution in [1.82, 2.24) is 4.90 Å². The predicted molar refractivity (Wildman–Crippen MR) is 135 cm³/mol. The number of piperidine rings is 1. The molecule has 2 aromatic carbocycles. The van der Waals surface area contributed by atoms with E-state index >= 15 is 0 Å². The van der Waals surface area contributed by atoms with Crippen molar-refractivity contribution >= 4 is 29.1 Å². The van der Waals surface area contributed by atoms with Crippen molar-refractivity contribution in [2.45, 2.75) is 43.3 Å². The van der Waals surface area contributed by atoms with Crippen molar-refractivity contribution < 1.29 is 0 Å². The Labute approximate surface area is 192 Å². The molecule has 1 atom stereocenters. The van der Waals surface area contributed by atoms with E-state index in [9.17, 15) is 0 Å². The van der Waals surface area contributed by atoms with Crippen LogP contribution in [-0.4, -0.2) is 37.8 Å². The highest BCUT2D eigenvalue weighted by molar-refractivity contribution is 7.98. The minimum Gasteiger partial charge on any atom is -0.388 e. The number of nitrogens with one attached hydrogen (secondary N) is 1. The van der Waals surface area contributed by atoms with Crippen LogP contribution < -0.4 is 5.32 Å². The molecule has 0 aromatic heterocycles. The summed E-state index contributed by atoms with van der Waals surface area (Å²) in [5, 5.41) is 4.70. The second-order valence-electron chi connectivity index (χ2n) is 8.36. The molecule has 1 heterocycles. The lowest BCUT2D eigenvalue weighted by Gasteiger charge is -2.41. The second-order valence-corrected chi connectivity index (χ2v) is 9.98. The van der Waals surface area contributed by atoms with Gasteiger partial charge in [-0.1, -0.05) is 41.9 Å². The molecule has 1 fully saturated rings. The van der Waals surface area contributed by atoms with Crippen LogP contribution in [0.1, 0.15) is 48.1 Å². The Kier molecular flexibility index (Phi) is 8.33. The summed E-state index contributed by atoms with van der Waals surface area (Å²) in [6, 6.07) is 15.4. The van der Waals surface area contributed by atoms with Gasteiger partial charge >= 0.3 is 0 Å². The van der Waals surface area contributed by atoms with E-state index in [1.165, 1.54) is 23.1 Å². The minimum atomic E-state index is 0.00353. The molecule has 1 aliphatic rings. The quantitative estimate of drug-likeness (QED) is 0.422. The number of rotatable bonds is 9. The van der Waals surface area contributed by atoms with Crippen LogP contribution in [0.15, 0.2) is 55.1 Å².